The molecule has 3 aromatic carbocycles. The Bertz CT molecular complexity index is 1690. The van der Waals surface area contributed by atoms with E-state index in [2.05, 4.69) is 20.6 Å². The molecule has 40 heavy (non-hydrogen) atoms. The Kier molecular flexibility index (Phi) is 7.83. The predicted molar refractivity (Wildman–Crippen MR) is 156 cm³/mol. The van der Waals surface area contributed by atoms with E-state index in [0.717, 1.165) is 10.9 Å². The Balaban J connectivity index is 1.56. The summed E-state index contributed by atoms with van der Waals surface area (Å²) in [6, 6.07) is 18.8. The Labute approximate surface area is 233 Å². The van der Waals surface area contributed by atoms with Gasteiger partial charge in [-0.25, -0.2) is 9.97 Å². The fourth-order valence-corrected chi connectivity index (χ4v) is 5.10. The van der Waals surface area contributed by atoms with Crippen LogP contribution >= 0.6 is 11.3 Å². The van der Waals surface area contributed by atoms with Crippen molar-refractivity contribution in [1.29, 1.82) is 0 Å². The maximum atomic E-state index is 12.9. The summed E-state index contributed by atoms with van der Waals surface area (Å²) in [7, 11) is 0. The summed E-state index contributed by atoms with van der Waals surface area (Å²) in [5, 5.41) is 20.3. The molecule has 2 heterocycles. The van der Waals surface area contributed by atoms with Crippen molar-refractivity contribution < 1.29 is 19.2 Å². The number of nitro benzene ring substituents is 1. The van der Waals surface area contributed by atoms with Gasteiger partial charge in [-0.15, -0.1) is 11.3 Å². The maximum absolute atomic E-state index is 12.9. The van der Waals surface area contributed by atoms with Crippen LogP contribution in [0.2, 0.25) is 0 Å². The van der Waals surface area contributed by atoms with Crippen molar-refractivity contribution in [2.24, 2.45) is 0 Å². The van der Waals surface area contributed by atoms with Gasteiger partial charge < -0.3 is 20.1 Å². The van der Waals surface area contributed by atoms with Crippen molar-refractivity contribution in [1.82, 2.24) is 9.97 Å². The largest absolute Gasteiger partial charge is 0.492 e. The van der Waals surface area contributed by atoms with Gasteiger partial charge in [0.25, 0.3) is 11.6 Å². The molecule has 0 saturated carbocycles. The normalized spacial score (nSPS) is 10.8. The molecule has 0 bridgehead atoms. The van der Waals surface area contributed by atoms with Gasteiger partial charge in [0.15, 0.2) is 0 Å². The zero-order chi connectivity index (χ0) is 28.1. The highest BCUT2D eigenvalue weighted by atomic mass is 32.1. The zero-order valence-corrected chi connectivity index (χ0v) is 22.5. The molecular weight excluding hydrogens is 530 g/mol. The highest BCUT2D eigenvalue weighted by Gasteiger charge is 2.19. The quantitative estimate of drug-likeness (QED) is 0.138. The van der Waals surface area contributed by atoms with Crippen LogP contribution in [0.1, 0.15) is 24.2 Å². The fourth-order valence-electron chi connectivity index (χ4n) is 4.19. The number of rotatable bonds is 10. The number of nitro groups is 1. The average Bonchev–Trinajstić information content (AvgIpc) is 3.41. The van der Waals surface area contributed by atoms with Crippen molar-refractivity contribution in [2.75, 3.05) is 23.8 Å². The predicted octanol–water partition coefficient (Wildman–Crippen LogP) is 7.06. The number of benzene rings is 3. The van der Waals surface area contributed by atoms with Crippen LogP contribution in [0, 0.1) is 10.1 Å². The SMILES string of the molecule is CCOc1cc(Nc2ncnc3scc(-c4cccc([N+](=O)[O-])c4)c23)c(OCC)cc1NC(=O)c1ccccc1. The highest BCUT2D eigenvalue weighted by Crippen LogP contribution is 2.42. The molecule has 0 unspecified atom stereocenters. The van der Waals surface area contributed by atoms with Crippen molar-refractivity contribution in [3.8, 4) is 22.6 Å². The number of nitrogens with zero attached hydrogens (tertiary/aromatic N) is 3. The Hall–Kier alpha value is -5.03. The smallest absolute Gasteiger partial charge is 0.270 e. The van der Waals surface area contributed by atoms with E-state index in [1.807, 2.05) is 31.4 Å². The number of thiophene rings is 1. The molecule has 0 aliphatic rings. The van der Waals surface area contributed by atoms with E-state index in [1.165, 1.54) is 29.8 Å². The van der Waals surface area contributed by atoms with Gasteiger partial charge >= 0.3 is 0 Å². The number of aromatic nitrogens is 2. The first-order chi connectivity index (χ1) is 19.5. The Morgan fingerprint density at radius 1 is 0.950 bits per heavy atom. The van der Waals surface area contributed by atoms with E-state index in [1.54, 1.807) is 42.5 Å². The number of amides is 1. The van der Waals surface area contributed by atoms with Crippen LogP contribution in [-0.4, -0.2) is 34.0 Å². The van der Waals surface area contributed by atoms with E-state index in [0.29, 0.717) is 57.9 Å². The molecule has 1 amide bonds. The standard InChI is InChI=1S/C29H25N5O5S/c1-3-38-24-15-23(33-28(35)18-9-6-5-7-10-18)25(39-4-2)14-22(24)32-27-26-21(16-40-29(26)31-17-30-27)19-11-8-12-20(13-19)34(36)37/h5-17H,3-4H2,1-2H3,(H,33,35)(H,30,31,32). The Morgan fingerprint density at radius 2 is 1.68 bits per heavy atom. The second-order valence-electron chi connectivity index (χ2n) is 8.51. The first kappa shape index (κ1) is 26.6. The van der Waals surface area contributed by atoms with Crippen molar-refractivity contribution in [3.05, 3.63) is 94.1 Å². The number of anilines is 3. The van der Waals surface area contributed by atoms with E-state index in [9.17, 15) is 14.9 Å². The topological polar surface area (TPSA) is 129 Å². The summed E-state index contributed by atoms with van der Waals surface area (Å²) < 4.78 is 11.8. The molecule has 202 valence electrons. The van der Waals surface area contributed by atoms with Gasteiger partial charge in [-0.3, -0.25) is 14.9 Å². The van der Waals surface area contributed by atoms with E-state index in [4.69, 9.17) is 9.47 Å². The summed E-state index contributed by atoms with van der Waals surface area (Å²) >= 11 is 1.42. The van der Waals surface area contributed by atoms with Crippen molar-refractivity contribution in [3.63, 3.8) is 0 Å². The van der Waals surface area contributed by atoms with Gasteiger partial charge in [-0.2, -0.15) is 0 Å². The van der Waals surface area contributed by atoms with Crippen LogP contribution in [0.25, 0.3) is 21.3 Å². The number of hydrogen-bond acceptors (Lipinski definition) is 9. The average molecular weight is 556 g/mol. The molecule has 0 radical (unpaired) electrons. The first-order valence-corrected chi connectivity index (χ1v) is 13.4. The fraction of sp³-hybridized carbons (Fsp3) is 0.138. The van der Waals surface area contributed by atoms with Crippen LogP contribution in [-0.2, 0) is 0 Å². The third-order valence-electron chi connectivity index (χ3n) is 5.96. The minimum absolute atomic E-state index is 0.00339. The minimum atomic E-state index is -0.421. The number of carbonyl (C=O) groups is 1. The number of non-ortho nitro benzene ring substituents is 1. The lowest BCUT2D eigenvalue weighted by molar-refractivity contribution is -0.384. The Morgan fingerprint density at radius 3 is 2.40 bits per heavy atom. The molecule has 10 nitrogen and oxygen atoms in total. The van der Waals surface area contributed by atoms with Crippen LogP contribution in [0.3, 0.4) is 0 Å². The minimum Gasteiger partial charge on any atom is -0.492 e. The first-order valence-electron chi connectivity index (χ1n) is 12.5. The number of fused-ring (bicyclic) bond motifs is 1. The third-order valence-corrected chi connectivity index (χ3v) is 6.84. The molecule has 2 aromatic heterocycles. The monoisotopic (exact) mass is 555 g/mol. The van der Waals surface area contributed by atoms with Gasteiger partial charge in [0, 0.05) is 40.8 Å². The molecule has 11 heteroatoms. The molecule has 0 spiro atoms. The maximum Gasteiger partial charge on any atom is 0.270 e. The lowest BCUT2D eigenvalue weighted by Crippen LogP contribution is -2.13. The molecular formula is C29H25N5O5S. The molecule has 0 fully saturated rings. The summed E-state index contributed by atoms with van der Waals surface area (Å²) in [6.45, 7) is 4.48. The van der Waals surface area contributed by atoms with Crippen LogP contribution in [0.15, 0.2) is 78.4 Å². The second-order valence-corrected chi connectivity index (χ2v) is 9.37. The van der Waals surface area contributed by atoms with E-state index >= 15 is 0 Å². The van der Waals surface area contributed by atoms with Crippen LogP contribution in [0.5, 0.6) is 11.5 Å². The van der Waals surface area contributed by atoms with Crippen LogP contribution in [0.4, 0.5) is 22.9 Å². The third kappa shape index (κ3) is 5.54. The molecule has 0 saturated heterocycles. The zero-order valence-electron chi connectivity index (χ0n) is 21.7. The second kappa shape index (κ2) is 11.8. The molecule has 0 atom stereocenters. The van der Waals surface area contributed by atoms with Gasteiger partial charge in [-0.1, -0.05) is 30.3 Å². The van der Waals surface area contributed by atoms with E-state index in [-0.39, 0.29) is 11.6 Å². The van der Waals surface area contributed by atoms with Crippen molar-refractivity contribution >= 4 is 50.3 Å². The lowest BCUT2D eigenvalue weighted by Gasteiger charge is -2.18. The van der Waals surface area contributed by atoms with E-state index < -0.39 is 4.92 Å². The molecule has 5 aromatic rings. The van der Waals surface area contributed by atoms with Gasteiger partial charge in [0.05, 0.1) is 34.9 Å². The van der Waals surface area contributed by atoms with Gasteiger partial charge in [-0.05, 0) is 31.5 Å². The summed E-state index contributed by atoms with van der Waals surface area (Å²) in [4.78, 5) is 33.4. The summed E-state index contributed by atoms with van der Waals surface area (Å²) in [5.74, 6) is 1.15. The molecule has 5 rings (SSSR count). The number of carbonyl (C=O) groups excluding carboxylic acids is 1. The molecule has 0 aliphatic carbocycles. The number of nitrogens with one attached hydrogen (secondary N) is 2. The molecule has 0 aliphatic heterocycles. The van der Waals surface area contributed by atoms with Crippen LogP contribution < -0.4 is 20.1 Å². The lowest BCUT2D eigenvalue weighted by atomic mass is 10.1. The summed E-state index contributed by atoms with van der Waals surface area (Å²) in [6.07, 6.45) is 1.46. The molecule has 2 N–H and O–H groups in total. The summed E-state index contributed by atoms with van der Waals surface area (Å²) in [5.41, 5.74) is 2.99. The van der Waals surface area contributed by atoms with Crippen molar-refractivity contribution in [2.45, 2.75) is 13.8 Å². The number of ether oxygens (including phenoxy) is 2. The van der Waals surface area contributed by atoms with Gasteiger partial charge in [0.1, 0.15) is 28.5 Å². The number of hydrogen-bond donors (Lipinski definition) is 2. The highest BCUT2D eigenvalue weighted by molar-refractivity contribution is 7.17. The van der Waals surface area contributed by atoms with Gasteiger partial charge in [0.2, 0.25) is 0 Å².